The van der Waals surface area contributed by atoms with Crippen molar-refractivity contribution in [2.45, 2.75) is 52.7 Å². The van der Waals surface area contributed by atoms with Crippen molar-refractivity contribution in [3.63, 3.8) is 0 Å². The highest BCUT2D eigenvalue weighted by atomic mass is 16.6. The third-order valence-corrected chi connectivity index (χ3v) is 6.56. The molecule has 1 aromatic heterocycles. The van der Waals surface area contributed by atoms with Crippen LogP contribution in [0.5, 0.6) is 11.5 Å². The lowest BCUT2D eigenvalue weighted by Gasteiger charge is -2.17. The van der Waals surface area contributed by atoms with E-state index in [-0.39, 0.29) is 25.4 Å². The molecule has 4 aromatic rings. The normalized spacial score (nSPS) is 11.7. The number of terminal acetylenes is 1. The number of fused-ring (bicyclic) bond motifs is 1. The van der Waals surface area contributed by atoms with E-state index in [9.17, 15) is 9.59 Å². The Kier molecular flexibility index (Phi) is 9.23. The molecule has 0 amide bonds. The van der Waals surface area contributed by atoms with E-state index in [1.807, 2.05) is 49.4 Å². The van der Waals surface area contributed by atoms with Gasteiger partial charge in [0.1, 0.15) is 18.1 Å². The van der Waals surface area contributed by atoms with E-state index in [1.54, 1.807) is 23.6 Å². The number of rotatable bonds is 11. The summed E-state index contributed by atoms with van der Waals surface area (Å²) >= 11 is 0. The molecule has 3 aromatic carbocycles. The van der Waals surface area contributed by atoms with Gasteiger partial charge in [0, 0.05) is 10.9 Å². The maximum absolute atomic E-state index is 13.4. The van der Waals surface area contributed by atoms with Crippen molar-refractivity contribution in [1.29, 1.82) is 0 Å². The maximum atomic E-state index is 13.4. The minimum Gasteiger partial charge on any atom is -0.481 e. The van der Waals surface area contributed by atoms with E-state index in [1.165, 1.54) is 5.56 Å². The highest BCUT2D eigenvalue weighted by Gasteiger charge is 2.20. The van der Waals surface area contributed by atoms with Crippen LogP contribution in [0.2, 0.25) is 0 Å². The molecule has 1 unspecified atom stereocenters. The fourth-order valence-corrected chi connectivity index (χ4v) is 4.47. The lowest BCUT2D eigenvalue weighted by Crippen LogP contribution is -2.28. The number of hydrogen-bond acceptors (Lipinski definition) is 6. The molecule has 7 heteroatoms. The summed E-state index contributed by atoms with van der Waals surface area (Å²) in [5.41, 5.74) is 3.78. The molecule has 1 atom stereocenters. The Balaban J connectivity index is 1.75. The molecule has 206 valence electrons. The Labute approximate surface area is 234 Å². The van der Waals surface area contributed by atoms with Gasteiger partial charge >= 0.3 is 11.7 Å². The van der Waals surface area contributed by atoms with E-state index in [0.717, 1.165) is 16.5 Å². The van der Waals surface area contributed by atoms with Crippen molar-refractivity contribution in [2.75, 3.05) is 13.2 Å². The molecule has 0 fully saturated rings. The number of esters is 1. The summed E-state index contributed by atoms with van der Waals surface area (Å²) < 4.78 is 18.3. The van der Waals surface area contributed by atoms with Crippen molar-refractivity contribution in [1.82, 2.24) is 9.55 Å². The van der Waals surface area contributed by atoms with Crippen LogP contribution in [0.4, 0.5) is 0 Å². The summed E-state index contributed by atoms with van der Waals surface area (Å²) in [5.74, 6) is 3.59. The molecule has 0 N–H and O–H groups in total. The highest BCUT2D eigenvalue weighted by molar-refractivity contribution is 5.93. The molecular formula is C33H34N2O5. The molecule has 7 nitrogen and oxygen atoms in total. The number of nitrogens with zero attached hydrogens (tertiary/aromatic N) is 2. The first kappa shape index (κ1) is 28.4. The van der Waals surface area contributed by atoms with Gasteiger partial charge < -0.3 is 14.2 Å². The summed E-state index contributed by atoms with van der Waals surface area (Å²) in [5, 5.41) is 0.771. The van der Waals surface area contributed by atoms with Crippen LogP contribution in [-0.4, -0.2) is 34.8 Å². The number of aromatic nitrogens is 2. The van der Waals surface area contributed by atoms with Crippen LogP contribution < -0.4 is 15.2 Å². The van der Waals surface area contributed by atoms with Crippen LogP contribution >= 0.6 is 0 Å². The van der Waals surface area contributed by atoms with Gasteiger partial charge in [-0.05, 0) is 60.7 Å². The third kappa shape index (κ3) is 6.52. The second-order valence-corrected chi connectivity index (χ2v) is 9.69. The molecule has 0 saturated carbocycles. The molecular weight excluding hydrogens is 504 g/mol. The first-order valence-corrected chi connectivity index (χ1v) is 13.5. The monoisotopic (exact) mass is 538 g/mol. The predicted octanol–water partition coefficient (Wildman–Crippen LogP) is 5.97. The zero-order valence-corrected chi connectivity index (χ0v) is 23.3. The van der Waals surface area contributed by atoms with Gasteiger partial charge in [0.15, 0.2) is 6.10 Å². The average Bonchev–Trinajstić information content (AvgIpc) is 2.96. The van der Waals surface area contributed by atoms with Crippen LogP contribution in [0.1, 0.15) is 51.2 Å². The first-order valence-electron chi connectivity index (χ1n) is 13.5. The smallest absolute Gasteiger partial charge is 0.348 e. The number of benzene rings is 3. The second-order valence-electron chi connectivity index (χ2n) is 9.69. The highest BCUT2D eigenvalue weighted by Crippen LogP contribution is 2.30. The van der Waals surface area contributed by atoms with Crippen molar-refractivity contribution in [2.24, 2.45) is 0 Å². The van der Waals surface area contributed by atoms with E-state index < -0.39 is 12.1 Å². The van der Waals surface area contributed by atoms with Crippen LogP contribution in [0.25, 0.3) is 22.2 Å². The molecule has 0 aliphatic carbocycles. The maximum Gasteiger partial charge on any atom is 0.348 e. The number of carbonyl (C=O) groups excluding carboxylic acids is 1. The summed E-state index contributed by atoms with van der Waals surface area (Å²) in [4.78, 5) is 30.2. The fraction of sp³-hybridized carbons (Fsp3) is 0.303. The van der Waals surface area contributed by atoms with Gasteiger partial charge in [-0.1, -0.05) is 63.1 Å². The van der Waals surface area contributed by atoms with Crippen LogP contribution in [-0.2, 0) is 16.1 Å². The number of ether oxygens (including phenoxy) is 3. The van der Waals surface area contributed by atoms with Gasteiger partial charge in [-0.2, -0.15) is 4.98 Å². The molecule has 40 heavy (non-hydrogen) atoms. The van der Waals surface area contributed by atoms with Gasteiger partial charge in [-0.15, -0.1) is 6.42 Å². The third-order valence-electron chi connectivity index (χ3n) is 6.56. The van der Waals surface area contributed by atoms with Crippen molar-refractivity contribution < 1.29 is 19.0 Å². The topological polar surface area (TPSA) is 79.6 Å². The summed E-state index contributed by atoms with van der Waals surface area (Å²) in [6.07, 6.45) is 5.16. The summed E-state index contributed by atoms with van der Waals surface area (Å²) in [6, 6.07) is 21.0. The molecule has 0 aliphatic heterocycles. The summed E-state index contributed by atoms with van der Waals surface area (Å²) in [6.45, 7) is 8.58. The Morgan fingerprint density at radius 2 is 1.80 bits per heavy atom. The van der Waals surface area contributed by atoms with E-state index in [2.05, 4.69) is 36.9 Å². The van der Waals surface area contributed by atoms with Crippen LogP contribution in [0.15, 0.2) is 71.5 Å². The molecule has 0 radical (unpaired) electrons. The minimum absolute atomic E-state index is 0.133. The van der Waals surface area contributed by atoms with E-state index in [4.69, 9.17) is 20.6 Å². The molecule has 1 heterocycles. The van der Waals surface area contributed by atoms with E-state index in [0.29, 0.717) is 35.0 Å². The molecule has 0 bridgehead atoms. The molecule has 0 saturated heterocycles. The van der Waals surface area contributed by atoms with Gasteiger partial charge in [0.05, 0.1) is 24.4 Å². The van der Waals surface area contributed by atoms with Crippen LogP contribution in [0.3, 0.4) is 0 Å². The zero-order chi connectivity index (χ0) is 28.6. The van der Waals surface area contributed by atoms with Gasteiger partial charge in [0.2, 0.25) is 0 Å². The van der Waals surface area contributed by atoms with E-state index >= 15 is 0 Å². The Morgan fingerprint density at radius 3 is 2.48 bits per heavy atom. The first-order chi connectivity index (χ1) is 19.3. The van der Waals surface area contributed by atoms with Crippen molar-refractivity contribution >= 4 is 16.9 Å². The minimum atomic E-state index is -0.705. The Morgan fingerprint density at radius 1 is 1.02 bits per heavy atom. The number of hydrogen-bond donors (Lipinski definition) is 0. The molecule has 0 aliphatic rings. The lowest BCUT2D eigenvalue weighted by molar-refractivity contribution is -0.151. The molecule has 0 spiro atoms. The van der Waals surface area contributed by atoms with Crippen molar-refractivity contribution in [3.05, 3.63) is 88.3 Å². The fourth-order valence-electron chi connectivity index (χ4n) is 4.47. The quantitative estimate of drug-likeness (QED) is 0.173. The van der Waals surface area contributed by atoms with Crippen LogP contribution in [0, 0.1) is 12.3 Å². The second kappa shape index (κ2) is 13.0. The summed E-state index contributed by atoms with van der Waals surface area (Å²) in [7, 11) is 0. The predicted molar refractivity (Wildman–Crippen MR) is 157 cm³/mol. The average molecular weight is 539 g/mol. The number of carbonyl (C=O) groups is 1. The lowest BCUT2D eigenvalue weighted by atomic mass is 9.99. The van der Waals surface area contributed by atoms with Gasteiger partial charge in [-0.25, -0.2) is 9.59 Å². The molecule has 4 rings (SSSR count). The zero-order valence-electron chi connectivity index (χ0n) is 23.3. The van der Waals surface area contributed by atoms with Gasteiger partial charge in [-0.3, -0.25) is 4.57 Å². The van der Waals surface area contributed by atoms with Crippen molar-refractivity contribution in [3.8, 4) is 35.1 Å². The standard InChI is InChI=1S/C33H34N2O5/c1-6-18-39-26-16-17-29-28(20-26)31(25-14-12-24(13-15-25)22(4)5)34-33(37)35(29)21-23-10-9-11-27(19-23)40-30(7-2)32(36)38-8-3/h1,9-17,19-20,22,30H,7-8,18,21H2,2-5H3. The van der Waals surface area contributed by atoms with Gasteiger partial charge in [0.25, 0.3) is 0 Å². The SMILES string of the molecule is C#CCOc1ccc2c(c1)c(-c1ccc(C(C)C)cc1)nc(=O)n2Cc1cccc(OC(CC)C(=O)OCC)c1. The Hall–Kier alpha value is -4.57. The Bertz CT molecular complexity index is 1580. The largest absolute Gasteiger partial charge is 0.481 e.